The summed E-state index contributed by atoms with van der Waals surface area (Å²) in [5, 5.41) is 0. The van der Waals surface area contributed by atoms with Crippen LogP contribution >= 0.6 is 18.5 Å². The Hall–Kier alpha value is 0.860. The third-order valence-corrected chi connectivity index (χ3v) is 5.36. The second kappa shape index (κ2) is 5.67. The Morgan fingerprint density at radius 3 is 1.92 bits per heavy atom. The van der Waals surface area contributed by atoms with Crippen LogP contribution in [0.15, 0.2) is 0 Å². The van der Waals surface area contributed by atoms with Gasteiger partial charge in [0.1, 0.15) is 0 Å². The van der Waals surface area contributed by atoms with Crippen LogP contribution < -0.4 is 0 Å². The summed E-state index contributed by atoms with van der Waals surface area (Å²) in [5.74, 6) is 0.808. The van der Waals surface area contributed by atoms with Crippen LogP contribution in [0.3, 0.4) is 0 Å². The predicted octanol–water partition coefficient (Wildman–Crippen LogP) is 3.96. The number of hydrogen-bond donors (Lipinski definition) is 0. The molecule has 0 aliphatic heterocycles. The highest BCUT2D eigenvalue weighted by Crippen LogP contribution is 2.35. The molecule has 5 atom stereocenters. The Bertz CT molecular complexity index is 141. The minimum absolute atomic E-state index is 0.494. The fourth-order valence-corrected chi connectivity index (χ4v) is 1.86. The topological polar surface area (TPSA) is 0 Å². The van der Waals surface area contributed by atoms with E-state index >= 15 is 0 Å². The van der Waals surface area contributed by atoms with Crippen LogP contribution in [0, 0.1) is 11.3 Å². The highest BCUT2D eigenvalue weighted by atomic mass is 31.0. The third kappa shape index (κ3) is 4.75. The molecule has 0 rings (SSSR count). The first-order valence-corrected chi connectivity index (χ1v) is 6.65. The molecule has 0 amide bonds. The molecule has 0 heterocycles. The van der Waals surface area contributed by atoms with Crippen molar-refractivity contribution < 1.29 is 0 Å². The van der Waals surface area contributed by atoms with Gasteiger partial charge >= 0.3 is 0 Å². The van der Waals surface area contributed by atoms with Crippen molar-refractivity contribution in [2.24, 2.45) is 11.3 Å². The fraction of sp³-hybridized carbons (Fsp3) is 1.00. The summed E-state index contributed by atoms with van der Waals surface area (Å²) in [7, 11) is 5.87. The van der Waals surface area contributed by atoms with Crippen molar-refractivity contribution in [3.05, 3.63) is 0 Å². The molecule has 0 aromatic heterocycles. The van der Waals surface area contributed by atoms with Crippen LogP contribution in [0.1, 0.15) is 47.5 Å². The second-order valence-electron chi connectivity index (χ2n) is 5.00. The first-order valence-electron chi connectivity index (χ1n) is 5.32. The lowest BCUT2D eigenvalue weighted by atomic mass is 9.75. The second-order valence-corrected chi connectivity index (χ2v) is 6.91. The van der Waals surface area contributed by atoms with Crippen molar-refractivity contribution in [2.45, 2.75) is 58.8 Å². The summed E-state index contributed by atoms with van der Waals surface area (Å²) < 4.78 is 0. The van der Waals surface area contributed by atoms with Crippen LogP contribution in [-0.4, -0.2) is 11.3 Å². The van der Waals surface area contributed by atoms with Crippen LogP contribution in [0.25, 0.3) is 0 Å². The van der Waals surface area contributed by atoms with Gasteiger partial charge in [-0.15, -0.1) is 18.5 Å². The average molecular weight is 220 g/mol. The van der Waals surface area contributed by atoms with Crippen LogP contribution in [-0.2, 0) is 0 Å². The van der Waals surface area contributed by atoms with E-state index in [2.05, 4.69) is 53.1 Å². The van der Waals surface area contributed by atoms with Gasteiger partial charge in [0.15, 0.2) is 0 Å². The van der Waals surface area contributed by atoms with Gasteiger partial charge in [0.05, 0.1) is 0 Å². The fourth-order valence-electron chi connectivity index (χ4n) is 1.29. The maximum Gasteiger partial charge on any atom is -0.0201 e. The zero-order valence-corrected chi connectivity index (χ0v) is 12.1. The molecular weight excluding hydrogens is 194 g/mol. The molecule has 0 aromatic rings. The lowest BCUT2D eigenvalue weighted by Gasteiger charge is -2.33. The van der Waals surface area contributed by atoms with Crippen molar-refractivity contribution in [2.75, 3.05) is 0 Å². The molecule has 0 aliphatic carbocycles. The zero-order valence-electron chi connectivity index (χ0n) is 9.80. The van der Waals surface area contributed by atoms with Gasteiger partial charge in [0.25, 0.3) is 0 Å². The summed E-state index contributed by atoms with van der Waals surface area (Å²) in [4.78, 5) is 0. The van der Waals surface area contributed by atoms with E-state index in [1.807, 2.05) is 0 Å². The molecule has 0 aromatic carbocycles. The molecule has 0 fully saturated rings. The summed E-state index contributed by atoms with van der Waals surface area (Å²) in [5.41, 5.74) is 1.94. The summed E-state index contributed by atoms with van der Waals surface area (Å²) in [6, 6.07) is 0. The van der Waals surface area contributed by atoms with Gasteiger partial charge in [-0.25, -0.2) is 0 Å². The Morgan fingerprint density at radius 1 is 1.15 bits per heavy atom. The minimum Gasteiger partial charge on any atom is -0.134 e. The van der Waals surface area contributed by atoms with Gasteiger partial charge in [0.2, 0.25) is 0 Å². The standard InChI is InChI=1S/C11H26P2/c1-6-11(4,5)8(2)7-10(13)9(3)12/h8-10H,6-7,12-13H2,1-5H3. The first kappa shape index (κ1) is 13.9. The van der Waals surface area contributed by atoms with Crippen LogP contribution in [0.4, 0.5) is 0 Å². The molecule has 0 saturated carbocycles. The molecule has 0 aliphatic rings. The van der Waals surface area contributed by atoms with E-state index in [1.165, 1.54) is 12.8 Å². The van der Waals surface area contributed by atoms with E-state index in [0.717, 1.165) is 11.6 Å². The molecule has 80 valence electrons. The average Bonchev–Trinajstić information content (AvgIpc) is 2.04. The molecule has 0 nitrogen and oxygen atoms in total. The van der Waals surface area contributed by atoms with Crippen LogP contribution in [0.2, 0.25) is 0 Å². The summed E-state index contributed by atoms with van der Waals surface area (Å²) in [6.45, 7) is 11.7. The molecule has 0 bridgehead atoms. The Morgan fingerprint density at radius 2 is 1.62 bits per heavy atom. The van der Waals surface area contributed by atoms with Crippen molar-refractivity contribution in [3.8, 4) is 0 Å². The van der Waals surface area contributed by atoms with Gasteiger partial charge in [-0.05, 0) is 29.1 Å². The van der Waals surface area contributed by atoms with Gasteiger partial charge in [0, 0.05) is 0 Å². The number of rotatable bonds is 5. The SMILES string of the molecule is CCC(C)(C)C(C)CC(P)C(C)P. The third-order valence-electron chi connectivity index (χ3n) is 3.55. The molecule has 0 N–H and O–H groups in total. The summed E-state index contributed by atoms with van der Waals surface area (Å²) in [6.07, 6.45) is 2.59. The Balaban J connectivity index is 4.06. The first-order chi connectivity index (χ1) is 5.81. The molecule has 13 heavy (non-hydrogen) atoms. The molecule has 2 heteroatoms. The van der Waals surface area contributed by atoms with E-state index in [9.17, 15) is 0 Å². The largest absolute Gasteiger partial charge is 0.134 e. The van der Waals surface area contributed by atoms with E-state index in [-0.39, 0.29) is 0 Å². The normalized spacial score (nSPS) is 19.6. The van der Waals surface area contributed by atoms with E-state index in [4.69, 9.17) is 0 Å². The molecule has 5 unspecified atom stereocenters. The highest BCUT2D eigenvalue weighted by molar-refractivity contribution is 7.23. The van der Waals surface area contributed by atoms with E-state index in [1.54, 1.807) is 0 Å². The predicted molar refractivity (Wildman–Crippen MR) is 70.5 cm³/mol. The van der Waals surface area contributed by atoms with Gasteiger partial charge < -0.3 is 0 Å². The van der Waals surface area contributed by atoms with E-state index in [0.29, 0.717) is 11.1 Å². The Kier molecular flexibility index (Phi) is 6.05. The molecule has 0 saturated heterocycles. The van der Waals surface area contributed by atoms with Crippen LogP contribution in [0.5, 0.6) is 0 Å². The maximum atomic E-state index is 2.98. The van der Waals surface area contributed by atoms with Crippen molar-refractivity contribution >= 4 is 18.5 Å². The van der Waals surface area contributed by atoms with Gasteiger partial charge in [-0.3, -0.25) is 0 Å². The zero-order chi connectivity index (χ0) is 10.6. The van der Waals surface area contributed by atoms with Gasteiger partial charge in [-0.1, -0.05) is 41.0 Å². The number of hydrogen-bond acceptors (Lipinski definition) is 0. The molecule has 0 spiro atoms. The monoisotopic (exact) mass is 220 g/mol. The minimum atomic E-state index is 0.494. The van der Waals surface area contributed by atoms with E-state index < -0.39 is 0 Å². The quantitative estimate of drug-likeness (QED) is 0.615. The Labute approximate surface area is 89.0 Å². The lowest BCUT2D eigenvalue weighted by Crippen LogP contribution is -2.25. The smallest absolute Gasteiger partial charge is 0.0201 e. The maximum absolute atomic E-state index is 2.98. The molecule has 0 radical (unpaired) electrons. The molecular formula is C11H26P2. The van der Waals surface area contributed by atoms with Crippen molar-refractivity contribution in [3.63, 3.8) is 0 Å². The summed E-state index contributed by atoms with van der Waals surface area (Å²) >= 11 is 0. The van der Waals surface area contributed by atoms with Gasteiger partial charge in [-0.2, -0.15) is 0 Å². The van der Waals surface area contributed by atoms with Crippen molar-refractivity contribution in [1.29, 1.82) is 0 Å². The lowest BCUT2D eigenvalue weighted by molar-refractivity contribution is 0.208. The highest BCUT2D eigenvalue weighted by Gasteiger charge is 2.25. The van der Waals surface area contributed by atoms with Crippen molar-refractivity contribution in [1.82, 2.24) is 0 Å².